The third kappa shape index (κ3) is 2.90. The van der Waals surface area contributed by atoms with Crippen LogP contribution in [0.4, 0.5) is 0 Å². The third-order valence-electron chi connectivity index (χ3n) is 1.95. The van der Waals surface area contributed by atoms with E-state index in [0.29, 0.717) is 0 Å². The molecule has 2 rings (SSSR count). The van der Waals surface area contributed by atoms with E-state index >= 15 is 0 Å². The van der Waals surface area contributed by atoms with Gasteiger partial charge in [0.05, 0.1) is 6.54 Å². The van der Waals surface area contributed by atoms with E-state index in [-0.39, 0.29) is 0 Å². The summed E-state index contributed by atoms with van der Waals surface area (Å²) in [4.78, 5) is 8.90. The Hall–Kier alpha value is -0.730. The van der Waals surface area contributed by atoms with E-state index in [0.717, 1.165) is 19.6 Å². The Morgan fingerprint density at radius 1 is 1.00 bits per heavy atom. The molecule has 0 aromatic rings. The lowest BCUT2D eigenvalue weighted by Crippen LogP contribution is -2.26. The number of fused-ring (bicyclic) bond motifs is 1. The first-order valence-corrected chi connectivity index (χ1v) is 5.38. The molecule has 0 saturated carbocycles. The minimum Gasteiger partial charge on any atom is -0.344 e. The molecular formula is C10H23N3. The summed E-state index contributed by atoms with van der Waals surface area (Å²) in [5.41, 5.74) is 0. The standard InChI is InChI=1S/C6H11N3.2C2H6/c1-8-4-5-9-3-2-7-6(8)9;2*1-2/h2-5H2,1H3;2*1-2H3. The van der Waals surface area contributed by atoms with Gasteiger partial charge >= 0.3 is 0 Å². The van der Waals surface area contributed by atoms with Gasteiger partial charge in [0.2, 0.25) is 0 Å². The molecule has 3 nitrogen and oxygen atoms in total. The van der Waals surface area contributed by atoms with Crippen LogP contribution in [0.15, 0.2) is 4.99 Å². The van der Waals surface area contributed by atoms with Crippen LogP contribution in [-0.2, 0) is 0 Å². The van der Waals surface area contributed by atoms with Gasteiger partial charge in [-0.25, -0.2) is 0 Å². The van der Waals surface area contributed by atoms with Crippen LogP contribution in [-0.4, -0.2) is 49.0 Å². The number of guanidine groups is 1. The summed E-state index contributed by atoms with van der Waals surface area (Å²) >= 11 is 0. The van der Waals surface area contributed by atoms with Crippen molar-refractivity contribution in [2.45, 2.75) is 27.7 Å². The van der Waals surface area contributed by atoms with Gasteiger partial charge in [0.25, 0.3) is 0 Å². The number of likely N-dealkylation sites (N-methyl/N-ethyl adjacent to an activating group) is 1. The van der Waals surface area contributed by atoms with Gasteiger partial charge in [-0.15, -0.1) is 0 Å². The molecule has 0 bridgehead atoms. The quantitative estimate of drug-likeness (QED) is 0.571. The van der Waals surface area contributed by atoms with E-state index in [2.05, 4.69) is 21.8 Å². The average Bonchev–Trinajstić information content (AvgIpc) is 2.78. The molecule has 0 atom stereocenters. The van der Waals surface area contributed by atoms with Gasteiger partial charge in [0.1, 0.15) is 0 Å². The second-order valence-corrected chi connectivity index (χ2v) is 2.59. The molecule has 0 amide bonds. The largest absolute Gasteiger partial charge is 0.344 e. The van der Waals surface area contributed by atoms with Crippen molar-refractivity contribution in [3.8, 4) is 0 Å². The molecule has 3 heteroatoms. The van der Waals surface area contributed by atoms with Gasteiger partial charge in [0, 0.05) is 26.7 Å². The van der Waals surface area contributed by atoms with Crippen LogP contribution >= 0.6 is 0 Å². The normalized spacial score (nSPS) is 18.1. The summed E-state index contributed by atoms with van der Waals surface area (Å²) in [6.45, 7) is 12.5. The fourth-order valence-electron chi connectivity index (χ4n) is 1.42. The maximum absolute atomic E-state index is 4.35. The minimum absolute atomic E-state index is 1.000. The Bertz CT molecular complexity index is 154. The van der Waals surface area contributed by atoms with Crippen LogP contribution < -0.4 is 0 Å². The summed E-state index contributed by atoms with van der Waals surface area (Å²) in [5.74, 6) is 1.20. The Kier molecular flexibility index (Phi) is 6.37. The minimum atomic E-state index is 1.000. The lowest BCUT2D eigenvalue weighted by atomic mass is 10.5. The maximum atomic E-state index is 4.35. The highest BCUT2D eigenvalue weighted by Crippen LogP contribution is 2.10. The first-order chi connectivity index (χ1) is 6.38. The molecule has 0 aromatic carbocycles. The highest BCUT2D eigenvalue weighted by molar-refractivity contribution is 5.83. The third-order valence-corrected chi connectivity index (χ3v) is 1.95. The van der Waals surface area contributed by atoms with E-state index in [1.807, 2.05) is 27.7 Å². The Morgan fingerprint density at radius 2 is 1.62 bits per heavy atom. The van der Waals surface area contributed by atoms with Crippen LogP contribution in [0, 0.1) is 0 Å². The fraction of sp³-hybridized carbons (Fsp3) is 0.900. The predicted octanol–water partition coefficient (Wildman–Crippen LogP) is 1.66. The van der Waals surface area contributed by atoms with Gasteiger partial charge in [-0.05, 0) is 0 Å². The summed E-state index contributed by atoms with van der Waals surface area (Å²) in [6, 6.07) is 0. The molecule has 0 radical (unpaired) electrons. The molecule has 0 N–H and O–H groups in total. The molecule has 2 aliphatic heterocycles. The highest BCUT2D eigenvalue weighted by atomic mass is 15.4. The molecule has 0 aliphatic carbocycles. The van der Waals surface area contributed by atoms with E-state index in [9.17, 15) is 0 Å². The molecule has 78 valence electrons. The first kappa shape index (κ1) is 12.3. The summed E-state index contributed by atoms with van der Waals surface area (Å²) in [7, 11) is 2.10. The van der Waals surface area contributed by atoms with Crippen LogP contribution in [0.2, 0.25) is 0 Å². The Balaban J connectivity index is 0.000000322. The van der Waals surface area contributed by atoms with E-state index in [1.54, 1.807) is 0 Å². The predicted molar refractivity (Wildman–Crippen MR) is 59.2 cm³/mol. The molecule has 0 aromatic heterocycles. The van der Waals surface area contributed by atoms with Crippen molar-refractivity contribution in [1.29, 1.82) is 0 Å². The van der Waals surface area contributed by atoms with Gasteiger partial charge in [0.15, 0.2) is 5.96 Å². The lowest BCUT2D eigenvalue weighted by Gasteiger charge is -2.11. The Labute approximate surface area is 82.4 Å². The zero-order chi connectivity index (χ0) is 10.3. The van der Waals surface area contributed by atoms with Crippen molar-refractivity contribution in [2.75, 3.05) is 33.2 Å². The first-order valence-electron chi connectivity index (χ1n) is 5.38. The Morgan fingerprint density at radius 3 is 2.15 bits per heavy atom. The molecule has 2 heterocycles. The molecule has 13 heavy (non-hydrogen) atoms. The lowest BCUT2D eigenvalue weighted by molar-refractivity contribution is 0.498. The van der Waals surface area contributed by atoms with Crippen LogP contribution in [0.3, 0.4) is 0 Å². The van der Waals surface area contributed by atoms with E-state index in [4.69, 9.17) is 0 Å². The highest BCUT2D eigenvalue weighted by Gasteiger charge is 2.25. The summed E-state index contributed by atoms with van der Waals surface area (Å²) < 4.78 is 0. The monoisotopic (exact) mass is 185 g/mol. The van der Waals surface area contributed by atoms with Crippen LogP contribution in [0.1, 0.15) is 27.7 Å². The van der Waals surface area contributed by atoms with Gasteiger partial charge in [-0.3, -0.25) is 4.99 Å². The van der Waals surface area contributed by atoms with E-state index in [1.165, 1.54) is 12.5 Å². The van der Waals surface area contributed by atoms with Crippen molar-refractivity contribution in [2.24, 2.45) is 4.99 Å². The van der Waals surface area contributed by atoms with Crippen molar-refractivity contribution in [3.63, 3.8) is 0 Å². The smallest absolute Gasteiger partial charge is 0.196 e. The van der Waals surface area contributed by atoms with Crippen molar-refractivity contribution in [1.82, 2.24) is 9.80 Å². The number of aliphatic imine (C=N–C) groups is 1. The van der Waals surface area contributed by atoms with Gasteiger partial charge in [-0.2, -0.15) is 0 Å². The molecule has 0 unspecified atom stereocenters. The molecule has 1 saturated heterocycles. The molecule has 0 spiro atoms. The van der Waals surface area contributed by atoms with Gasteiger partial charge < -0.3 is 9.80 Å². The number of hydrogen-bond acceptors (Lipinski definition) is 3. The number of rotatable bonds is 0. The molecule has 1 fully saturated rings. The maximum Gasteiger partial charge on any atom is 0.196 e. The fourth-order valence-corrected chi connectivity index (χ4v) is 1.42. The second kappa shape index (κ2) is 6.75. The number of hydrogen-bond donors (Lipinski definition) is 0. The van der Waals surface area contributed by atoms with Crippen molar-refractivity contribution < 1.29 is 0 Å². The van der Waals surface area contributed by atoms with E-state index < -0.39 is 0 Å². The van der Waals surface area contributed by atoms with Crippen molar-refractivity contribution >= 4 is 5.96 Å². The topological polar surface area (TPSA) is 18.8 Å². The zero-order valence-electron chi connectivity index (χ0n) is 9.67. The molecular weight excluding hydrogens is 162 g/mol. The SMILES string of the molecule is CC.CC.CN1CCN2CCN=C12. The second-order valence-electron chi connectivity index (χ2n) is 2.59. The summed E-state index contributed by atoms with van der Waals surface area (Å²) in [6.07, 6.45) is 0. The number of nitrogens with zero attached hydrogens (tertiary/aromatic N) is 3. The zero-order valence-corrected chi connectivity index (χ0v) is 9.67. The van der Waals surface area contributed by atoms with Crippen LogP contribution in [0.25, 0.3) is 0 Å². The van der Waals surface area contributed by atoms with Crippen LogP contribution in [0.5, 0.6) is 0 Å². The summed E-state index contributed by atoms with van der Waals surface area (Å²) in [5, 5.41) is 0. The van der Waals surface area contributed by atoms with Gasteiger partial charge in [-0.1, -0.05) is 27.7 Å². The molecule has 2 aliphatic rings. The average molecular weight is 185 g/mol. The van der Waals surface area contributed by atoms with Crippen molar-refractivity contribution in [3.05, 3.63) is 0 Å².